The summed E-state index contributed by atoms with van der Waals surface area (Å²) in [5.74, 6) is 0.967. The lowest BCUT2D eigenvalue weighted by atomic mass is 10.1. The predicted octanol–water partition coefficient (Wildman–Crippen LogP) is 4.03. The van der Waals surface area contributed by atoms with E-state index in [1.165, 1.54) is 6.07 Å². The van der Waals surface area contributed by atoms with Gasteiger partial charge in [0.1, 0.15) is 17.1 Å². The van der Waals surface area contributed by atoms with E-state index in [0.29, 0.717) is 38.9 Å². The number of furan rings is 1. The zero-order valence-corrected chi connectivity index (χ0v) is 14.3. The van der Waals surface area contributed by atoms with E-state index in [-0.39, 0.29) is 12.4 Å². The minimum absolute atomic E-state index is 0.267. The van der Waals surface area contributed by atoms with Crippen molar-refractivity contribution in [2.75, 3.05) is 12.4 Å². The molecule has 7 nitrogen and oxygen atoms in total. The first-order chi connectivity index (χ1) is 12.6. The summed E-state index contributed by atoms with van der Waals surface area (Å²) < 4.78 is 25.2. The summed E-state index contributed by atoms with van der Waals surface area (Å²) in [6.45, 7) is 0.267. The lowest BCUT2D eigenvalue weighted by molar-refractivity contribution is 0.415. The number of nitrogens with one attached hydrogen (secondary N) is 2. The maximum atomic E-state index is 14.4. The van der Waals surface area contributed by atoms with Gasteiger partial charge in [-0.25, -0.2) is 4.39 Å². The number of ether oxygens (including phenoxy) is 1. The second kappa shape index (κ2) is 6.64. The minimum atomic E-state index is -0.343. The highest BCUT2D eigenvalue weighted by Crippen LogP contribution is 2.29. The van der Waals surface area contributed by atoms with Crippen LogP contribution < -0.4 is 10.1 Å². The SMILES string of the molecule is COc1ccc(NCc2cc3oc(-c4nn[nH]n4)cc3cc2F)cc1Cl. The van der Waals surface area contributed by atoms with Gasteiger partial charge in [-0.2, -0.15) is 5.21 Å². The largest absolute Gasteiger partial charge is 0.495 e. The van der Waals surface area contributed by atoms with E-state index in [9.17, 15) is 4.39 Å². The van der Waals surface area contributed by atoms with E-state index >= 15 is 0 Å². The summed E-state index contributed by atoms with van der Waals surface area (Å²) in [5.41, 5.74) is 1.75. The molecule has 26 heavy (non-hydrogen) atoms. The summed E-state index contributed by atoms with van der Waals surface area (Å²) in [7, 11) is 1.55. The monoisotopic (exact) mass is 373 g/mol. The molecule has 0 spiro atoms. The van der Waals surface area contributed by atoms with Crippen molar-refractivity contribution in [3.8, 4) is 17.3 Å². The number of rotatable bonds is 5. The van der Waals surface area contributed by atoms with Crippen LogP contribution in [0.5, 0.6) is 5.75 Å². The Morgan fingerprint density at radius 2 is 2.15 bits per heavy atom. The first-order valence-electron chi connectivity index (χ1n) is 7.67. The molecule has 0 aliphatic carbocycles. The lowest BCUT2D eigenvalue weighted by Gasteiger charge is -2.09. The van der Waals surface area contributed by atoms with Crippen LogP contribution >= 0.6 is 11.6 Å². The highest BCUT2D eigenvalue weighted by Gasteiger charge is 2.13. The third-order valence-corrected chi connectivity index (χ3v) is 4.18. The fourth-order valence-electron chi connectivity index (χ4n) is 2.59. The highest BCUT2D eigenvalue weighted by atomic mass is 35.5. The quantitative estimate of drug-likeness (QED) is 0.549. The number of fused-ring (bicyclic) bond motifs is 1. The number of anilines is 1. The van der Waals surface area contributed by atoms with Crippen LogP contribution in [-0.4, -0.2) is 27.7 Å². The number of hydrogen-bond acceptors (Lipinski definition) is 6. The molecular formula is C17H13ClFN5O2. The van der Waals surface area contributed by atoms with Crippen molar-refractivity contribution in [2.45, 2.75) is 6.54 Å². The second-order valence-corrected chi connectivity index (χ2v) is 5.94. The predicted molar refractivity (Wildman–Crippen MR) is 94.7 cm³/mol. The van der Waals surface area contributed by atoms with Gasteiger partial charge < -0.3 is 14.5 Å². The molecule has 2 aromatic heterocycles. The van der Waals surface area contributed by atoms with Crippen LogP contribution in [0.1, 0.15) is 5.56 Å². The maximum absolute atomic E-state index is 14.4. The molecule has 0 radical (unpaired) electrons. The number of nitrogens with zero attached hydrogens (tertiary/aromatic N) is 3. The van der Waals surface area contributed by atoms with Crippen LogP contribution in [0.2, 0.25) is 5.02 Å². The second-order valence-electron chi connectivity index (χ2n) is 5.53. The Balaban J connectivity index is 1.58. The molecule has 2 heterocycles. The van der Waals surface area contributed by atoms with E-state index in [1.54, 1.807) is 31.4 Å². The van der Waals surface area contributed by atoms with Crippen molar-refractivity contribution in [3.05, 3.63) is 52.8 Å². The smallest absolute Gasteiger partial charge is 0.239 e. The van der Waals surface area contributed by atoms with Gasteiger partial charge in [-0.3, -0.25) is 0 Å². The van der Waals surface area contributed by atoms with Gasteiger partial charge >= 0.3 is 0 Å². The van der Waals surface area contributed by atoms with Crippen LogP contribution in [0.4, 0.5) is 10.1 Å². The van der Waals surface area contributed by atoms with E-state index in [0.717, 1.165) is 5.69 Å². The topological polar surface area (TPSA) is 88.9 Å². The summed E-state index contributed by atoms with van der Waals surface area (Å²) in [5, 5.41) is 17.8. The van der Waals surface area contributed by atoms with Crippen molar-refractivity contribution in [1.82, 2.24) is 20.6 Å². The van der Waals surface area contributed by atoms with Crippen molar-refractivity contribution in [2.24, 2.45) is 0 Å². The molecule has 2 N–H and O–H groups in total. The first kappa shape index (κ1) is 16.3. The number of aromatic amines is 1. The van der Waals surface area contributed by atoms with Crippen LogP contribution in [0.25, 0.3) is 22.6 Å². The number of tetrazole rings is 1. The number of benzene rings is 2. The molecule has 4 rings (SSSR count). The van der Waals surface area contributed by atoms with Crippen molar-refractivity contribution in [3.63, 3.8) is 0 Å². The van der Waals surface area contributed by atoms with Crippen LogP contribution in [0.3, 0.4) is 0 Å². The Labute approximate surface area is 152 Å². The minimum Gasteiger partial charge on any atom is -0.495 e. The summed E-state index contributed by atoms with van der Waals surface area (Å²) in [6, 6.07) is 10.0. The van der Waals surface area contributed by atoms with Crippen LogP contribution in [0, 0.1) is 5.82 Å². The van der Waals surface area contributed by atoms with Gasteiger partial charge in [0.05, 0.1) is 12.1 Å². The normalized spacial score (nSPS) is 11.0. The van der Waals surface area contributed by atoms with E-state index in [1.807, 2.05) is 6.07 Å². The zero-order valence-electron chi connectivity index (χ0n) is 13.6. The summed E-state index contributed by atoms with van der Waals surface area (Å²) in [4.78, 5) is 0. The molecule has 0 saturated heterocycles. The number of hydrogen-bond donors (Lipinski definition) is 2. The van der Waals surface area contributed by atoms with Crippen LogP contribution in [-0.2, 0) is 6.54 Å². The maximum Gasteiger partial charge on any atom is 0.239 e. The lowest BCUT2D eigenvalue weighted by Crippen LogP contribution is -2.02. The fourth-order valence-corrected chi connectivity index (χ4v) is 2.84. The molecule has 0 unspecified atom stereocenters. The Morgan fingerprint density at radius 1 is 1.27 bits per heavy atom. The molecule has 0 saturated carbocycles. The van der Waals surface area contributed by atoms with Gasteiger partial charge in [0.15, 0.2) is 5.76 Å². The third kappa shape index (κ3) is 3.06. The van der Waals surface area contributed by atoms with Gasteiger partial charge in [0.2, 0.25) is 5.82 Å². The van der Waals surface area contributed by atoms with Gasteiger partial charge in [-0.1, -0.05) is 11.6 Å². The number of methoxy groups -OCH3 is 1. The molecule has 0 atom stereocenters. The molecule has 4 aromatic rings. The third-order valence-electron chi connectivity index (χ3n) is 3.89. The molecule has 0 amide bonds. The van der Waals surface area contributed by atoms with Gasteiger partial charge in [-0.05, 0) is 41.6 Å². The zero-order chi connectivity index (χ0) is 18.1. The average Bonchev–Trinajstić information content (AvgIpc) is 3.29. The number of H-pyrrole nitrogens is 1. The Hall–Kier alpha value is -3.13. The van der Waals surface area contributed by atoms with E-state index < -0.39 is 0 Å². The molecular weight excluding hydrogens is 361 g/mol. The van der Waals surface area contributed by atoms with Gasteiger partial charge in [0.25, 0.3) is 0 Å². The standard InChI is InChI=1S/C17H13ClFN5O2/c1-25-14-3-2-11(7-12(14)18)20-8-10-6-15-9(4-13(10)19)5-16(26-15)17-21-23-24-22-17/h2-7,20H,8H2,1H3,(H,21,22,23,24). The van der Waals surface area contributed by atoms with E-state index in [4.69, 9.17) is 20.8 Å². The molecule has 9 heteroatoms. The summed E-state index contributed by atoms with van der Waals surface area (Å²) in [6.07, 6.45) is 0. The number of aromatic nitrogens is 4. The molecule has 0 aliphatic rings. The Morgan fingerprint density at radius 3 is 2.88 bits per heavy atom. The summed E-state index contributed by atoms with van der Waals surface area (Å²) >= 11 is 6.10. The number of halogens is 2. The molecule has 0 aliphatic heterocycles. The average molecular weight is 374 g/mol. The molecule has 0 bridgehead atoms. The first-order valence-corrected chi connectivity index (χ1v) is 8.05. The Bertz CT molecular complexity index is 1060. The Kier molecular flexibility index (Phi) is 4.18. The van der Waals surface area contributed by atoms with E-state index in [2.05, 4.69) is 25.9 Å². The molecule has 2 aromatic carbocycles. The fraction of sp³-hybridized carbons (Fsp3) is 0.118. The van der Waals surface area contributed by atoms with Crippen molar-refractivity contribution < 1.29 is 13.5 Å². The van der Waals surface area contributed by atoms with Crippen molar-refractivity contribution >= 4 is 28.3 Å². The van der Waals surface area contributed by atoms with Gasteiger partial charge in [0, 0.05) is 23.2 Å². The van der Waals surface area contributed by atoms with Crippen LogP contribution in [0.15, 0.2) is 40.8 Å². The molecule has 0 fully saturated rings. The van der Waals surface area contributed by atoms with Crippen molar-refractivity contribution in [1.29, 1.82) is 0 Å². The van der Waals surface area contributed by atoms with Gasteiger partial charge in [-0.15, -0.1) is 10.2 Å². The highest BCUT2D eigenvalue weighted by molar-refractivity contribution is 6.32. The molecule has 132 valence electrons.